The van der Waals surface area contributed by atoms with Gasteiger partial charge in [0, 0.05) is 16.8 Å². The SMILES string of the molecule is Cc1ccc(C(=O)Nc2cccc(-c3nn[nH]n3)c2)cc1. The Morgan fingerprint density at radius 3 is 2.67 bits per heavy atom. The second-order valence-corrected chi connectivity index (χ2v) is 4.64. The third-order valence-corrected chi connectivity index (χ3v) is 3.04. The molecule has 2 N–H and O–H groups in total. The van der Waals surface area contributed by atoms with Crippen LogP contribution in [-0.2, 0) is 0 Å². The Morgan fingerprint density at radius 1 is 1.14 bits per heavy atom. The fraction of sp³-hybridized carbons (Fsp3) is 0.0667. The summed E-state index contributed by atoms with van der Waals surface area (Å²) in [6, 6.07) is 14.7. The lowest BCUT2D eigenvalue weighted by Crippen LogP contribution is -2.11. The number of nitrogens with one attached hydrogen (secondary N) is 2. The number of aromatic nitrogens is 4. The summed E-state index contributed by atoms with van der Waals surface area (Å²) in [5, 5.41) is 16.6. The number of carbonyl (C=O) groups excluding carboxylic acids is 1. The Morgan fingerprint density at radius 2 is 1.95 bits per heavy atom. The highest BCUT2D eigenvalue weighted by Crippen LogP contribution is 2.19. The van der Waals surface area contributed by atoms with Crippen LogP contribution in [0.1, 0.15) is 15.9 Å². The van der Waals surface area contributed by atoms with Gasteiger partial charge < -0.3 is 5.32 Å². The van der Waals surface area contributed by atoms with Crippen LogP contribution in [-0.4, -0.2) is 26.5 Å². The molecule has 0 spiro atoms. The number of benzene rings is 2. The molecule has 104 valence electrons. The van der Waals surface area contributed by atoms with E-state index in [0.717, 1.165) is 11.1 Å². The Kier molecular flexibility index (Phi) is 3.42. The van der Waals surface area contributed by atoms with E-state index in [1.807, 2.05) is 37.3 Å². The monoisotopic (exact) mass is 279 g/mol. The zero-order chi connectivity index (χ0) is 14.7. The van der Waals surface area contributed by atoms with Crippen LogP contribution < -0.4 is 5.32 Å². The lowest BCUT2D eigenvalue weighted by molar-refractivity contribution is 0.102. The van der Waals surface area contributed by atoms with E-state index < -0.39 is 0 Å². The van der Waals surface area contributed by atoms with Crippen LogP contribution in [0.15, 0.2) is 48.5 Å². The Balaban J connectivity index is 1.80. The largest absolute Gasteiger partial charge is 0.322 e. The number of tetrazole rings is 1. The molecule has 0 aliphatic heterocycles. The molecule has 0 aliphatic carbocycles. The highest BCUT2D eigenvalue weighted by molar-refractivity contribution is 6.04. The number of aryl methyl sites for hydroxylation is 1. The van der Waals surface area contributed by atoms with Crippen LogP contribution in [0.2, 0.25) is 0 Å². The average molecular weight is 279 g/mol. The third-order valence-electron chi connectivity index (χ3n) is 3.04. The number of anilines is 1. The quantitative estimate of drug-likeness (QED) is 0.771. The first kappa shape index (κ1) is 13.0. The highest BCUT2D eigenvalue weighted by atomic mass is 16.1. The van der Waals surface area contributed by atoms with Crippen molar-refractivity contribution in [3.05, 3.63) is 59.7 Å². The molecule has 1 heterocycles. The molecule has 0 aliphatic rings. The summed E-state index contributed by atoms with van der Waals surface area (Å²) in [7, 11) is 0. The molecule has 2 aromatic carbocycles. The van der Waals surface area contributed by atoms with Crippen molar-refractivity contribution < 1.29 is 4.79 Å². The standard InChI is InChI=1S/C15H13N5O/c1-10-5-7-11(8-6-10)15(21)16-13-4-2-3-12(9-13)14-17-19-20-18-14/h2-9H,1H3,(H,16,21)(H,17,18,19,20). The number of hydrogen-bond acceptors (Lipinski definition) is 4. The van der Waals surface area contributed by atoms with E-state index in [4.69, 9.17) is 0 Å². The average Bonchev–Trinajstić information content (AvgIpc) is 3.02. The minimum Gasteiger partial charge on any atom is -0.322 e. The van der Waals surface area contributed by atoms with Crippen molar-refractivity contribution >= 4 is 11.6 Å². The molecule has 3 aromatic rings. The summed E-state index contributed by atoms with van der Waals surface area (Å²) in [5.41, 5.74) is 3.20. The molecule has 0 bridgehead atoms. The summed E-state index contributed by atoms with van der Waals surface area (Å²) >= 11 is 0. The van der Waals surface area contributed by atoms with E-state index in [1.54, 1.807) is 18.2 Å². The molecule has 6 heteroatoms. The van der Waals surface area contributed by atoms with Crippen LogP contribution in [0.4, 0.5) is 5.69 Å². The molecule has 1 amide bonds. The minimum atomic E-state index is -0.153. The number of carbonyl (C=O) groups is 1. The van der Waals surface area contributed by atoms with Crippen LogP contribution in [0, 0.1) is 6.92 Å². The van der Waals surface area contributed by atoms with Crippen LogP contribution in [0.3, 0.4) is 0 Å². The molecule has 6 nitrogen and oxygen atoms in total. The Hall–Kier alpha value is -3.02. The first-order valence-corrected chi connectivity index (χ1v) is 6.44. The predicted octanol–water partition coefficient (Wildman–Crippen LogP) is 2.43. The molecule has 21 heavy (non-hydrogen) atoms. The molecule has 0 saturated carbocycles. The molecule has 0 fully saturated rings. The van der Waals surface area contributed by atoms with Crippen molar-refractivity contribution in [1.29, 1.82) is 0 Å². The van der Waals surface area contributed by atoms with Gasteiger partial charge in [-0.2, -0.15) is 5.21 Å². The van der Waals surface area contributed by atoms with Crippen molar-refractivity contribution in [2.24, 2.45) is 0 Å². The van der Waals surface area contributed by atoms with Gasteiger partial charge in [0.05, 0.1) is 0 Å². The molecule has 3 rings (SSSR count). The fourth-order valence-corrected chi connectivity index (χ4v) is 1.93. The van der Waals surface area contributed by atoms with Crippen LogP contribution in [0.25, 0.3) is 11.4 Å². The number of aromatic amines is 1. The number of hydrogen-bond donors (Lipinski definition) is 2. The van der Waals surface area contributed by atoms with Crippen molar-refractivity contribution in [3.63, 3.8) is 0 Å². The van der Waals surface area contributed by atoms with Gasteiger partial charge in [0.15, 0.2) is 0 Å². The molecule has 0 atom stereocenters. The lowest BCUT2D eigenvalue weighted by Gasteiger charge is -2.06. The number of H-pyrrole nitrogens is 1. The van der Waals surface area contributed by atoms with Gasteiger partial charge >= 0.3 is 0 Å². The second kappa shape index (κ2) is 5.54. The second-order valence-electron chi connectivity index (χ2n) is 4.64. The van der Waals surface area contributed by atoms with Gasteiger partial charge in [0.25, 0.3) is 5.91 Å². The van der Waals surface area contributed by atoms with E-state index in [1.165, 1.54) is 0 Å². The molecule has 0 saturated heterocycles. The van der Waals surface area contributed by atoms with Gasteiger partial charge in [-0.05, 0) is 36.4 Å². The Bertz CT molecular complexity index is 750. The van der Waals surface area contributed by atoms with E-state index in [-0.39, 0.29) is 5.91 Å². The molecule has 0 radical (unpaired) electrons. The van der Waals surface area contributed by atoms with Gasteiger partial charge in [0.2, 0.25) is 5.82 Å². The van der Waals surface area contributed by atoms with Gasteiger partial charge in [-0.1, -0.05) is 29.8 Å². The molecule has 1 aromatic heterocycles. The van der Waals surface area contributed by atoms with E-state index in [2.05, 4.69) is 25.9 Å². The van der Waals surface area contributed by atoms with Gasteiger partial charge in [-0.3, -0.25) is 4.79 Å². The van der Waals surface area contributed by atoms with Crippen molar-refractivity contribution in [3.8, 4) is 11.4 Å². The zero-order valence-corrected chi connectivity index (χ0v) is 11.4. The van der Waals surface area contributed by atoms with E-state index in [0.29, 0.717) is 17.1 Å². The van der Waals surface area contributed by atoms with E-state index in [9.17, 15) is 4.79 Å². The highest BCUT2D eigenvalue weighted by Gasteiger charge is 2.08. The number of amides is 1. The first-order valence-electron chi connectivity index (χ1n) is 6.44. The lowest BCUT2D eigenvalue weighted by atomic mass is 10.1. The number of nitrogens with zero attached hydrogens (tertiary/aromatic N) is 3. The maximum atomic E-state index is 12.2. The molecule has 0 unspecified atom stereocenters. The first-order chi connectivity index (χ1) is 10.2. The maximum absolute atomic E-state index is 12.2. The summed E-state index contributed by atoms with van der Waals surface area (Å²) in [6.45, 7) is 1.98. The fourth-order valence-electron chi connectivity index (χ4n) is 1.93. The Labute approximate surface area is 121 Å². The zero-order valence-electron chi connectivity index (χ0n) is 11.4. The summed E-state index contributed by atoms with van der Waals surface area (Å²) in [5.74, 6) is 0.335. The third kappa shape index (κ3) is 2.94. The summed E-state index contributed by atoms with van der Waals surface area (Å²) in [4.78, 5) is 12.2. The normalized spacial score (nSPS) is 10.3. The summed E-state index contributed by atoms with van der Waals surface area (Å²) < 4.78 is 0. The molecular weight excluding hydrogens is 266 g/mol. The van der Waals surface area contributed by atoms with Gasteiger partial charge in [-0.15, -0.1) is 10.2 Å². The number of rotatable bonds is 3. The van der Waals surface area contributed by atoms with Crippen molar-refractivity contribution in [2.45, 2.75) is 6.92 Å². The summed E-state index contributed by atoms with van der Waals surface area (Å²) in [6.07, 6.45) is 0. The molecular formula is C15H13N5O. The van der Waals surface area contributed by atoms with Crippen LogP contribution in [0.5, 0.6) is 0 Å². The van der Waals surface area contributed by atoms with Crippen molar-refractivity contribution in [1.82, 2.24) is 20.6 Å². The maximum Gasteiger partial charge on any atom is 0.255 e. The van der Waals surface area contributed by atoms with Gasteiger partial charge in [-0.25, -0.2) is 0 Å². The van der Waals surface area contributed by atoms with Gasteiger partial charge in [0.1, 0.15) is 0 Å². The van der Waals surface area contributed by atoms with Crippen molar-refractivity contribution in [2.75, 3.05) is 5.32 Å². The van der Waals surface area contributed by atoms with Crippen LogP contribution >= 0.6 is 0 Å². The minimum absolute atomic E-state index is 0.153. The van der Waals surface area contributed by atoms with E-state index >= 15 is 0 Å². The predicted molar refractivity (Wildman–Crippen MR) is 78.7 cm³/mol. The topological polar surface area (TPSA) is 83.6 Å². The smallest absolute Gasteiger partial charge is 0.255 e.